The number of nitrogens with zero attached hydrogens (tertiary/aromatic N) is 1. The number of rotatable bonds is 4. The van der Waals surface area contributed by atoms with E-state index in [4.69, 9.17) is 0 Å². The van der Waals surface area contributed by atoms with Crippen molar-refractivity contribution >= 4 is 43.4 Å². The van der Waals surface area contributed by atoms with Gasteiger partial charge < -0.3 is 4.57 Å². The smallest absolute Gasteiger partial charge is 0.0619 e. The predicted molar refractivity (Wildman–Crippen MR) is 192 cm³/mol. The van der Waals surface area contributed by atoms with Crippen molar-refractivity contribution in [1.82, 2.24) is 4.57 Å². The zero-order valence-corrected chi connectivity index (χ0v) is 24.7. The highest BCUT2D eigenvalue weighted by Crippen LogP contribution is 2.47. The van der Waals surface area contributed by atoms with Crippen LogP contribution in [0.2, 0.25) is 0 Å². The van der Waals surface area contributed by atoms with E-state index >= 15 is 0 Å². The molecule has 0 atom stereocenters. The molecule has 0 saturated heterocycles. The molecule has 0 bridgehead atoms. The summed E-state index contributed by atoms with van der Waals surface area (Å²) >= 11 is 0. The van der Waals surface area contributed by atoms with Crippen LogP contribution in [-0.4, -0.2) is 4.57 Å². The Labute approximate surface area is 262 Å². The number of aromatic nitrogens is 1. The van der Waals surface area contributed by atoms with Crippen molar-refractivity contribution in [3.8, 4) is 39.1 Å². The third kappa shape index (κ3) is 4.02. The van der Waals surface area contributed by atoms with Gasteiger partial charge in [0.05, 0.1) is 11.0 Å². The molecule has 1 heteroatoms. The summed E-state index contributed by atoms with van der Waals surface area (Å²) in [5.41, 5.74) is 11.1. The topological polar surface area (TPSA) is 4.93 Å². The number of hydrogen-bond donors (Lipinski definition) is 0. The minimum atomic E-state index is 1.17. The number of hydrogen-bond acceptors (Lipinski definition) is 0. The van der Waals surface area contributed by atoms with Crippen molar-refractivity contribution in [2.24, 2.45) is 0 Å². The highest BCUT2D eigenvalue weighted by Gasteiger charge is 2.21. The molecule has 210 valence electrons. The lowest BCUT2D eigenvalue weighted by atomic mass is 9.85. The first-order valence-corrected chi connectivity index (χ1v) is 15.5. The van der Waals surface area contributed by atoms with Gasteiger partial charge in [0, 0.05) is 22.0 Å². The van der Waals surface area contributed by atoms with Crippen molar-refractivity contribution in [1.29, 1.82) is 0 Å². The second-order valence-corrected chi connectivity index (χ2v) is 11.7. The van der Waals surface area contributed by atoms with Crippen LogP contribution in [0, 0.1) is 0 Å². The van der Waals surface area contributed by atoms with E-state index in [1.807, 2.05) is 0 Å². The molecule has 0 radical (unpaired) electrons. The first-order chi connectivity index (χ1) is 22.4. The lowest BCUT2D eigenvalue weighted by molar-refractivity contribution is 1.18. The minimum absolute atomic E-state index is 1.17. The van der Waals surface area contributed by atoms with Gasteiger partial charge in [0.25, 0.3) is 0 Å². The molecule has 9 rings (SSSR count). The fraction of sp³-hybridized carbons (Fsp3) is 0. The van der Waals surface area contributed by atoms with Crippen molar-refractivity contribution in [2.75, 3.05) is 0 Å². The van der Waals surface area contributed by atoms with Gasteiger partial charge in [-0.3, -0.25) is 0 Å². The van der Waals surface area contributed by atoms with Gasteiger partial charge in [-0.15, -0.1) is 0 Å². The highest BCUT2D eigenvalue weighted by atomic mass is 15.0. The first kappa shape index (κ1) is 25.6. The zero-order chi connectivity index (χ0) is 29.7. The summed E-state index contributed by atoms with van der Waals surface area (Å²) in [6, 6.07) is 63.9. The van der Waals surface area contributed by atoms with Crippen LogP contribution in [0.3, 0.4) is 0 Å². The molecule has 1 heterocycles. The Balaban J connectivity index is 1.38. The van der Waals surface area contributed by atoms with Crippen LogP contribution in [0.1, 0.15) is 0 Å². The van der Waals surface area contributed by atoms with E-state index in [0.717, 1.165) is 0 Å². The zero-order valence-electron chi connectivity index (χ0n) is 24.7. The summed E-state index contributed by atoms with van der Waals surface area (Å²) in [6.07, 6.45) is 0. The van der Waals surface area contributed by atoms with Crippen molar-refractivity contribution in [3.63, 3.8) is 0 Å². The van der Waals surface area contributed by atoms with Crippen molar-refractivity contribution < 1.29 is 0 Å². The van der Waals surface area contributed by atoms with E-state index in [-0.39, 0.29) is 0 Å². The van der Waals surface area contributed by atoms with Gasteiger partial charge in [-0.2, -0.15) is 0 Å². The molecule has 45 heavy (non-hydrogen) atoms. The van der Waals surface area contributed by atoms with E-state index in [9.17, 15) is 0 Å². The van der Waals surface area contributed by atoms with E-state index < -0.39 is 0 Å². The maximum Gasteiger partial charge on any atom is 0.0619 e. The summed E-state index contributed by atoms with van der Waals surface area (Å²) in [7, 11) is 0. The SMILES string of the molecule is c1ccc(-c2ccc(-c3c4ccccc4c(-c4cccc5c6ccccc6n(-c6ccccc6)c45)c4ccccc34)cc2)cc1. The van der Waals surface area contributed by atoms with Gasteiger partial charge in [-0.25, -0.2) is 0 Å². The molecule has 9 aromatic rings. The van der Waals surface area contributed by atoms with E-state index in [2.05, 4.69) is 180 Å². The Morgan fingerprint density at radius 3 is 1.40 bits per heavy atom. The Morgan fingerprint density at radius 2 is 0.756 bits per heavy atom. The molecule has 0 aliphatic rings. The molecule has 0 fully saturated rings. The number of para-hydroxylation sites is 3. The third-order valence-corrected chi connectivity index (χ3v) is 9.19. The van der Waals surface area contributed by atoms with Crippen LogP contribution in [0.25, 0.3) is 82.4 Å². The second-order valence-electron chi connectivity index (χ2n) is 11.7. The van der Waals surface area contributed by atoms with Crippen molar-refractivity contribution in [3.05, 3.63) is 176 Å². The highest BCUT2D eigenvalue weighted by molar-refractivity contribution is 6.25. The molecule has 8 aromatic carbocycles. The van der Waals surface area contributed by atoms with Gasteiger partial charge in [0.15, 0.2) is 0 Å². The third-order valence-electron chi connectivity index (χ3n) is 9.19. The maximum absolute atomic E-state index is 2.44. The Hall–Kier alpha value is -5.92. The molecule has 0 spiro atoms. The van der Waals surface area contributed by atoms with E-state index in [1.165, 1.54) is 82.4 Å². The molecule has 0 aliphatic heterocycles. The van der Waals surface area contributed by atoms with Gasteiger partial charge in [0.2, 0.25) is 0 Å². The lowest BCUT2D eigenvalue weighted by Gasteiger charge is -2.19. The lowest BCUT2D eigenvalue weighted by Crippen LogP contribution is -1.96. The fourth-order valence-corrected chi connectivity index (χ4v) is 7.26. The quantitative estimate of drug-likeness (QED) is 0.185. The van der Waals surface area contributed by atoms with Crippen LogP contribution in [0.4, 0.5) is 0 Å². The average molecular weight is 572 g/mol. The van der Waals surface area contributed by atoms with Gasteiger partial charge in [-0.05, 0) is 67.6 Å². The summed E-state index contributed by atoms with van der Waals surface area (Å²) in [6.45, 7) is 0. The van der Waals surface area contributed by atoms with E-state index in [0.29, 0.717) is 0 Å². The van der Waals surface area contributed by atoms with Gasteiger partial charge >= 0.3 is 0 Å². The summed E-state index contributed by atoms with van der Waals surface area (Å²) < 4.78 is 2.44. The van der Waals surface area contributed by atoms with Crippen LogP contribution >= 0.6 is 0 Å². The molecular weight excluding hydrogens is 542 g/mol. The molecule has 1 nitrogen and oxygen atoms in total. The Kier molecular flexibility index (Phi) is 5.89. The predicted octanol–water partition coefficient (Wildman–Crippen LogP) is 12.1. The summed E-state index contributed by atoms with van der Waals surface area (Å²) in [4.78, 5) is 0. The summed E-state index contributed by atoms with van der Waals surface area (Å²) in [5, 5.41) is 7.57. The number of benzene rings is 8. The largest absolute Gasteiger partial charge is 0.309 e. The molecule has 0 saturated carbocycles. The van der Waals surface area contributed by atoms with Crippen LogP contribution in [0.5, 0.6) is 0 Å². The molecule has 0 aliphatic carbocycles. The average Bonchev–Trinajstić information content (AvgIpc) is 3.46. The van der Waals surface area contributed by atoms with Crippen molar-refractivity contribution in [2.45, 2.75) is 0 Å². The normalized spacial score (nSPS) is 11.6. The van der Waals surface area contributed by atoms with Gasteiger partial charge in [-0.1, -0.05) is 158 Å². The van der Waals surface area contributed by atoms with Crippen LogP contribution in [-0.2, 0) is 0 Å². The maximum atomic E-state index is 2.44. The molecule has 0 N–H and O–H groups in total. The molecular formula is C44H29N. The second kappa shape index (κ2) is 10.4. The first-order valence-electron chi connectivity index (χ1n) is 15.5. The minimum Gasteiger partial charge on any atom is -0.309 e. The molecule has 1 aromatic heterocycles. The van der Waals surface area contributed by atoms with Crippen LogP contribution < -0.4 is 0 Å². The van der Waals surface area contributed by atoms with E-state index in [1.54, 1.807) is 0 Å². The Morgan fingerprint density at radius 1 is 0.289 bits per heavy atom. The molecule has 0 amide bonds. The number of fused-ring (bicyclic) bond motifs is 5. The fourth-order valence-electron chi connectivity index (χ4n) is 7.26. The summed E-state index contributed by atoms with van der Waals surface area (Å²) in [5.74, 6) is 0. The Bertz CT molecular complexity index is 2450. The van der Waals surface area contributed by atoms with Gasteiger partial charge in [0.1, 0.15) is 0 Å². The monoisotopic (exact) mass is 571 g/mol. The molecule has 0 unspecified atom stereocenters. The van der Waals surface area contributed by atoms with Crippen LogP contribution in [0.15, 0.2) is 176 Å². The standard InChI is InChI=1S/C44H29N/c1-3-14-30(15-4-1)31-26-28-32(29-27-31)42-35-19-7-9-21-37(35)43(38-22-10-8-20-36(38)42)40-24-13-23-39-34-18-11-12-25-41(34)45(44(39)40)33-16-5-2-6-17-33/h1-29H.